The lowest BCUT2D eigenvalue weighted by Gasteiger charge is -2.09. The molecule has 0 aromatic heterocycles. The molecule has 0 radical (unpaired) electrons. The number of ketones is 1. The molecule has 0 heterocycles. The summed E-state index contributed by atoms with van der Waals surface area (Å²) in [6.45, 7) is 2.50. The van der Waals surface area contributed by atoms with E-state index >= 15 is 0 Å². The van der Waals surface area contributed by atoms with Crippen molar-refractivity contribution in [2.45, 2.75) is 6.92 Å². The minimum Gasteiger partial charge on any atom is -0.494 e. The Bertz CT molecular complexity index is 656. The van der Waals surface area contributed by atoms with Crippen molar-refractivity contribution in [1.82, 2.24) is 0 Å². The monoisotopic (exact) mass is 416 g/mol. The van der Waals surface area contributed by atoms with Crippen molar-refractivity contribution in [3.63, 3.8) is 0 Å². The summed E-state index contributed by atoms with van der Waals surface area (Å²) in [4.78, 5) is 12.5. The minimum absolute atomic E-state index is 0.103. The largest absolute Gasteiger partial charge is 0.494 e. The van der Waals surface area contributed by atoms with Crippen molar-refractivity contribution in [2.24, 2.45) is 0 Å². The van der Waals surface area contributed by atoms with Gasteiger partial charge in [0.25, 0.3) is 0 Å². The molecule has 0 spiro atoms. The van der Waals surface area contributed by atoms with Crippen LogP contribution >= 0.6 is 43.5 Å². The zero-order valence-corrected chi connectivity index (χ0v) is 14.5. The second-order valence-electron chi connectivity index (χ2n) is 4.03. The van der Waals surface area contributed by atoms with E-state index < -0.39 is 0 Å². The van der Waals surface area contributed by atoms with Gasteiger partial charge in [-0.15, -0.1) is 0 Å². The molecule has 0 saturated carbocycles. The van der Waals surface area contributed by atoms with E-state index in [1.165, 1.54) is 0 Å². The van der Waals surface area contributed by atoms with E-state index in [1.54, 1.807) is 36.4 Å². The van der Waals surface area contributed by atoms with Gasteiger partial charge in [-0.05, 0) is 59.3 Å². The molecule has 0 fully saturated rings. The first-order valence-electron chi connectivity index (χ1n) is 5.95. The van der Waals surface area contributed by atoms with E-state index in [0.717, 1.165) is 5.75 Å². The number of carbonyl (C=O) groups excluding carboxylic acids is 1. The highest BCUT2D eigenvalue weighted by Gasteiger charge is 2.16. The lowest BCUT2D eigenvalue weighted by Crippen LogP contribution is -2.04. The van der Waals surface area contributed by atoms with Crippen LogP contribution < -0.4 is 4.74 Å². The first-order chi connectivity index (χ1) is 9.52. The van der Waals surface area contributed by atoms with Gasteiger partial charge in [0.15, 0.2) is 5.78 Å². The summed E-state index contributed by atoms with van der Waals surface area (Å²) >= 11 is 12.7. The smallest absolute Gasteiger partial charge is 0.195 e. The van der Waals surface area contributed by atoms with Crippen LogP contribution in [0, 0.1) is 0 Å². The van der Waals surface area contributed by atoms with E-state index in [9.17, 15) is 4.79 Å². The molecule has 2 aromatic carbocycles. The molecule has 0 aliphatic rings. The Morgan fingerprint density at radius 3 is 2.50 bits per heavy atom. The standard InChI is InChI=1S/C15H11Br2ClO2/c1-2-20-10-4-5-11(14(17)8-10)15(19)12-7-9(18)3-6-13(12)16/h3-8H,2H2,1H3. The van der Waals surface area contributed by atoms with Crippen LogP contribution in [0.15, 0.2) is 45.3 Å². The lowest BCUT2D eigenvalue weighted by atomic mass is 10.0. The van der Waals surface area contributed by atoms with Gasteiger partial charge in [-0.1, -0.05) is 27.5 Å². The Kier molecular flexibility index (Phi) is 5.24. The summed E-state index contributed by atoms with van der Waals surface area (Å²) in [6.07, 6.45) is 0. The molecule has 0 N–H and O–H groups in total. The third-order valence-corrected chi connectivity index (χ3v) is 4.25. The molecule has 5 heteroatoms. The van der Waals surface area contributed by atoms with E-state index in [1.807, 2.05) is 6.92 Å². The Morgan fingerprint density at radius 1 is 1.10 bits per heavy atom. The molecule has 0 unspecified atom stereocenters. The van der Waals surface area contributed by atoms with Crippen molar-refractivity contribution in [1.29, 1.82) is 0 Å². The highest BCUT2D eigenvalue weighted by Crippen LogP contribution is 2.29. The van der Waals surface area contributed by atoms with Crippen LogP contribution in [0.4, 0.5) is 0 Å². The maximum absolute atomic E-state index is 12.5. The molecular weight excluding hydrogens is 407 g/mol. The van der Waals surface area contributed by atoms with Crippen LogP contribution in [0.5, 0.6) is 5.75 Å². The molecule has 0 saturated heterocycles. The molecule has 0 amide bonds. The molecule has 104 valence electrons. The Hall–Kier alpha value is -0.840. The number of ether oxygens (including phenoxy) is 1. The molecule has 2 nitrogen and oxygen atoms in total. The number of benzene rings is 2. The predicted octanol–water partition coefficient (Wildman–Crippen LogP) is 5.49. The van der Waals surface area contributed by atoms with Gasteiger partial charge in [0.1, 0.15) is 5.75 Å². The average Bonchev–Trinajstić information content (AvgIpc) is 2.41. The normalized spacial score (nSPS) is 10.4. The van der Waals surface area contributed by atoms with Crippen LogP contribution in [0.25, 0.3) is 0 Å². The summed E-state index contributed by atoms with van der Waals surface area (Å²) in [5, 5.41) is 0.526. The van der Waals surface area contributed by atoms with Crippen molar-refractivity contribution >= 4 is 49.2 Å². The third-order valence-electron chi connectivity index (χ3n) is 2.67. The molecule has 2 aromatic rings. The van der Waals surface area contributed by atoms with Gasteiger partial charge in [0, 0.05) is 25.1 Å². The maximum Gasteiger partial charge on any atom is 0.195 e. The number of hydrogen-bond acceptors (Lipinski definition) is 2. The van der Waals surface area contributed by atoms with Gasteiger partial charge < -0.3 is 4.74 Å². The van der Waals surface area contributed by atoms with Crippen LogP contribution in [0.2, 0.25) is 5.02 Å². The fourth-order valence-electron chi connectivity index (χ4n) is 1.75. The SMILES string of the molecule is CCOc1ccc(C(=O)c2cc(Cl)ccc2Br)c(Br)c1. The molecule has 0 aliphatic carbocycles. The summed E-state index contributed by atoms with van der Waals surface area (Å²) < 4.78 is 6.81. The van der Waals surface area contributed by atoms with E-state index in [4.69, 9.17) is 16.3 Å². The van der Waals surface area contributed by atoms with Crippen LogP contribution in [-0.2, 0) is 0 Å². The second kappa shape index (κ2) is 6.74. The Morgan fingerprint density at radius 2 is 1.85 bits per heavy atom. The first-order valence-corrected chi connectivity index (χ1v) is 7.91. The van der Waals surface area contributed by atoms with E-state index in [2.05, 4.69) is 31.9 Å². The van der Waals surface area contributed by atoms with Gasteiger partial charge in [0.05, 0.1) is 6.61 Å². The highest BCUT2D eigenvalue weighted by molar-refractivity contribution is 9.11. The van der Waals surface area contributed by atoms with Crippen LogP contribution in [-0.4, -0.2) is 12.4 Å². The number of carbonyl (C=O) groups is 1. The zero-order chi connectivity index (χ0) is 14.7. The highest BCUT2D eigenvalue weighted by atomic mass is 79.9. The fraction of sp³-hybridized carbons (Fsp3) is 0.133. The van der Waals surface area contributed by atoms with Crippen LogP contribution in [0.1, 0.15) is 22.8 Å². The van der Waals surface area contributed by atoms with Crippen molar-refractivity contribution in [3.05, 3.63) is 61.5 Å². The number of hydrogen-bond donors (Lipinski definition) is 0. The topological polar surface area (TPSA) is 26.3 Å². The van der Waals surface area contributed by atoms with Gasteiger partial charge in [-0.25, -0.2) is 0 Å². The summed E-state index contributed by atoms with van der Waals surface area (Å²) in [7, 11) is 0. The van der Waals surface area contributed by atoms with Crippen molar-refractivity contribution in [2.75, 3.05) is 6.61 Å². The van der Waals surface area contributed by atoms with Crippen LogP contribution in [0.3, 0.4) is 0 Å². The summed E-state index contributed by atoms with van der Waals surface area (Å²) in [5.74, 6) is 0.621. The van der Waals surface area contributed by atoms with E-state index in [0.29, 0.717) is 31.7 Å². The van der Waals surface area contributed by atoms with Gasteiger partial charge in [-0.2, -0.15) is 0 Å². The van der Waals surface area contributed by atoms with Gasteiger partial charge in [0.2, 0.25) is 0 Å². The molecule has 0 aliphatic heterocycles. The molecule has 2 rings (SSSR count). The summed E-state index contributed by atoms with van der Waals surface area (Å²) in [5.41, 5.74) is 1.10. The summed E-state index contributed by atoms with van der Waals surface area (Å²) in [6, 6.07) is 10.4. The third kappa shape index (κ3) is 3.43. The van der Waals surface area contributed by atoms with Crippen molar-refractivity contribution in [3.8, 4) is 5.75 Å². The van der Waals surface area contributed by atoms with E-state index in [-0.39, 0.29) is 5.78 Å². The lowest BCUT2D eigenvalue weighted by molar-refractivity contribution is 0.103. The molecule has 0 atom stereocenters. The Labute approximate surface area is 139 Å². The average molecular weight is 419 g/mol. The van der Waals surface area contributed by atoms with Crippen molar-refractivity contribution < 1.29 is 9.53 Å². The quantitative estimate of drug-likeness (QED) is 0.614. The number of halogens is 3. The number of rotatable bonds is 4. The maximum atomic E-state index is 12.5. The van der Waals surface area contributed by atoms with Gasteiger partial charge >= 0.3 is 0 Å². The fourth-order valence-corrected chi connectivity index (χ4v) is 2.89. The predicted molar refractivity (Wildman–Crippen MR) is 87.9 cm³/mol. The molecule has 0 bridgehead atoms. The molecule has 20 heavy (non-hydrogen) atoms. The first kappa shape index (κ1) is 15.5. The van der Waals surface area contributed by atoms with Gasteiger partial charge in [-0.3, -0.25) is 4.79 Å². The second-order valence-corrected chi connectivity index (χ2v) is 6.17. The Balaban J connectivity index is 2.40. The minimum atomic E-state index is -0.103. The zero-order valence-electron chi connectivity index (χ0n) is 10.6. The molecular formula is C15H11Br2ClO2.